The largest absolute Gasteiger partial charge is 0.481 e. The highest BCUT2D eigenvalue weighted by molar-refractivity contribution is 5.69. The van der Waals surface area contributed by atoms with Crippen LogP contribution in [0.5, 0.6) is 0 Å². The van der Waals surface area contributed by atoms with E-state index in [9.17, 15) is 18.7 Å². The zero-order valence-electron chi connectivity index (χ0n) is 19.4. The zero-order chi connectivity index (χ0) is 24.8. The Morgan fingerprint density at radius 2 is 1.40 bits per heavy atom. The minimum Gasteiger partial charge on any atom is -0.481 e. The number of carboxylic acids is 1. The van der Waals surface area contributed by atoms with Gasteiger partial charge in [0.25, 0.3) is 0 Å². The van der Waals surface area contributed by atoms with E-state index in [2.05, 4.69) is 11.8 Å². The van der Waals surface area contributed by atoms with Crippen molar-refractivity contribution in [1.29, 1.82) is 0 Å². The van der Waals surface area contributed by atoms with Crippen molar-refractivity contribution in [2.24, 2.45) is 0 Å². The number of halogens is 2. The van der Waals surface area contributed by atoms with Gasteiger partial charge in [0.15, 0.2) is 11.6 Å². The van der Waals surface area contributed by atoms with Crippen molar-refractivity contribution in [3.05, 3.63) is 131 Å². The molecular formula is C30H27F2NO2. The first-order valence-electron chi connectivity index (χ1n) is 11.5. The first kappa shape index (κ1) is 24.3. The summed E-state index contributed by atoms with van der Waals surface area (Å²) in [7, 11) is 0. The predicted molar refractivity (Wildman–Crippen MR) is 134 cm³/mol. The summed E-state index contributed by atoms with van der Waals surface area (Å²) in [6.07, 6.45) is -0.106. The van der Waals surface area contributed by atoms with Gasteiger partial charge in [-0.2, -0.15) is 0 Å². The molecule has 3 nitrogen and oxygen atoms in total. The van der Waals surface area contributed by atoms with Crippen LogP contribution in [0.2, 0.25) is 0 Å². The highest BCUT2D eigenvalue weighted by Gasteiger charge is 2.28. The molecule has 0 radical (unpaired) electrons. The molecule has 0 bridgehead atoms. The van der Waals surface area contributed by atoms with Gasteiger partial charge in [-0.05, 0) is 52.9 Å². The van der Waals surface area contributed by atoms with E-state index in [1.807, 2.05) is 84.9 Å². The molecule has 178 valence electrons. The average molecular weight is 472 g/mol. The summed E-state index contributed by atoms with van der Waals surface area (Å²) in [5.74, 6) is -2.73. The van der Waals surface area contributed by atoms with E-state index < -0.39 is 23.6 Å². The summed E-state index contributed by atoms with van der Waals surface area (Å²) in [6, 6.07) is 30.6. The number of nitrogens with zero attached hydrogens (tertiary/aromatic N) is 1. The van der Waals surface area contributed by atoms with E-state index >= 15 is 0 Å². The molecule has 1 N–H and O–H groups in total. The van der Waals surface area contributed by atoms with Gasteiger partial charge in [0.1, 0.15) is 0 Å². The predicted octanol–water partition coefficient (Wildman–Crippen LogP) is 7.41. The number of hydrogen-bond donors (Lipinski definition) is 1. The fraction of sp³-hybridized carbons (Fsp3) is 0.167. The monoisotopic (exact) mass is 471 g/mol. The van der Waals surface area contributed by atoms with Crippen LogP contribution in [0.15, 0.2) is 103 Å². The molecule has 0 aromatic heterocycles. The Balaban J connectivity index is 1.78. The van der Waals surface area contributed by atoms with Crippen molar-refractivity contribution >= 4 is 5.97 Å². The van der Waals surface area contributed by atoms with E-state index in [4.69, 9.17) is 0 Å². The lowest BCUT2D eigenvalue weighted by Crippen LogP contribution is -2.32. The normalized spacial score (nSPS) is 12.9. The maximum Gasteiger partial charge on any atom is 0.305 e. The molecular weight excluding hydrogens is 444 g/mol. The van der Waals surface area contributed by atoms with Crippen molar-refractivity contribution in [3.63, 3.8) is 0 Å². The lowest BCUT2D eigenvalue weighted by Gasteiger charge is -2.37. The molecule has 0 spiro atoms. The van der Waals surface area contributed by atoms with Crippen LogP contribution in [-0.2, 0) is 11.3 Å². The number of hydrogen-bond acceptors (Lipinski definition) is 2. The summed E-state index contributed by atoms with van der Waals surface area (Å²) in [5.41, 5.74) is 4.18. The Morgan fingerprint density at radius 1 is 0.771 bits per heavy atom. The molecule has 0 unspecified atom stereocenters. The SMILES string of the molecule is C[C@H](c1ccccc1)N(Cc1ccccc1)[C@@H](CC(=O)O)c1cccc(-c2ccc(F)c(F)c2)c1. The van der Waals surface area contributed by atoms with Gasteiger partial charge >= 0.3 is 5.97 Å². The van der Waals surface area contributed by atoms with Gasteiger partial charge in [0.2, 0.25) is 0 Å². The third kappa shape index (κ3) is 6.00. The van der Waals surface area contributed by atoms with Crippen LogP contribution in [0.25, 0.3) is 11.1 Å². The third-order valence-electron chi connectivity index (χ3n) is 6.28. The summed E-state index contributed by atoms with van der Waals surface area (Å²) in [5, 5.41) is 9.85. The van der Waals surface area contributed by atoms with Crippen LogP contribution in [0.1, 0.15) is 42.1 Å². The molecule has 0 saturated heterocycles. The number of aliphatic carboxylic acids is 1. The molecule has 0 aliphatic heterocycles. The lowest BCUT2D eigenvalue weighted by molar-refractivity contribution is -0.138. The molecule has 35 heavy (non-hydrogen) atoms. The van der Waals surface area contributed by atoms with Crippen LogP contribution in [0, 0.1) is 11.6 Å². The van der Waals surface area contributed by atoms with Crippen molar-refractivity contribution in [2.75, 3.05) is 0 Å². The Kier molecular flexibility index (Phi) is 7.68. The second-order valence-corrected chi connectivity index (χ2v) is 8.61. The van der Waals surface area contributed by atoms with Crippen LogP contribution in [-0.4, -0.2) is 16.0 Å². The van der Waals surface area contributed by atoms with Crippen LogP contribution in [0.4, 0.5) is 8.78 Å². The highest BCUT2D eigenvalue weighted by Crippen LogP contribution is 2.36. The van der Waals surface area contributed by atoms with Gasteiger partial charge in [0.05, 0.1) is 6.42 Å². The van der Waals surface area contributed by atoms with Gasteiger partial charge < -0.3 is 5.11 Å². The number of carboxylic acid groups (broad SMARTS) is 1. The quantitative estimate of drug-likeness (QED) is 0.276. The molecule has 0 aliphatic carbocycles. The molecule has 5 heteroatoms. The average Bonchev–Trinajstić information content (AvgIpc) is 2.88. The summed E-state index contributed by atoms with van der Waals surface area (Å²) >= 11 is 0. The third-order valence-corrected chi connectivity index (χ3v) is 6.28. The minimum atomic E-state index is -0.918. The van der Waals surface area contributed by atoms with E-state index in [1.165, 1.54) is 6.07 Å². The molecule has 2 atom stereocenters. The Bertz CT molecular complexity index is 1280. The van der Waals surface area contributed by atoms with E-state index in [0.717, 1.165) is 28.8 Å². The fourth-order valence-corrected chi connectivity index (χ4v) is 4.43. The number of carbonyl (C=O) groups is 1. The van der Waals surface area contributed by atoms with E-state index in [1.54, 1.807) is 0 Å². The highest BCUT2D eigenvalue weighted by atomic mass is 19.2. The molecule has 4 rings (SSSR count). The number of benzene rings is 4. The standard InChI is InChI=1S/C30H27F2NO2/c1-21(23-11-6-3-7-12-23)33(20-22-9-4-2-5-10-22)29(19-30(34)35)26-14-8-13-24(17-26)25-15-16-27(31)28(32)18-25/h2-18,21,29H,19-20H2,1H3,(H,34,35)/t21-,29+/m1/s1. The molecule has 0 heterocycles. The maximum absolute atomic E-state index is 13.9. The van der Waals surface area contributed by atoms with Crippen LogP contribution >= 0.6 is 0 Å². The van der Waals surface area contributed by atoms with Crippen LogP contribution in [0.3, 0.4) is 0 Å². The lowest BCUT2D eigenvalue weighted by atomic mass is 9.94. The second kappa shape index (κ2) is 11.1. The molecule has 4 aromatic carbocycles. The zero-order valence-corrected chi connectivity index (χ0v) is 19.4. The summed E-state index contributed by atoms with van der Waals surface area (Å²) < 4.78 is 27.4. The molecule has 0 aliphatic rings. The van der Waals surface area contributed by atoms with Gasteiger partial charge in [-0.1, -0.05) is 84.9 Å². The van der Waals surface area contributed by atoms with Gasteiger partial charge in [-0.3, -0.25) is 9.69 Å². The van der Waals surface area contributed by atoms with E-state index in [0.29, 0.717) is 17.7 Å². The molecule has 0 amide bonds. The van der Waals surface area contributed by atoms with Crippen molar-refractivity contribution in [3.8, 4) is 11.1 Å². The minimum absolute atomic E-state index is 0.0762. The smallest absolute Gasteiger partial charge is 0.305 e. The van der Waals surface area contributed by atoms with Gasteiger partial charge in [-0.25, -0.2) is 8.78 Å². The Morgan fingerprint density at radius 3 is 2.06 bits per heavy atom. The van der Waals surface area contributed by atoms with Crippen LogP contribution < -0.4 is 0 Å². The van der Waals surface area contributed by atoms with Gasteiger partial charge in [0, 0.05) is 18.6 Å². The molecule has 0 saturated carbocycles. The topological polar surface area (TPSA) is 40.5 Å². The first-order valence-corrected chi connectivity index (χ1v) is 11.5. The maximum atomic E-state index is 13.9. The van der Waals surface area contributed by atoms with E-state index in [-0.39, 0.29) is 12.5 Å². The first-order chi connectivity index (χ1) is 16.9. The molecule has 4 aromatic rings. The van der Waals surface area contributed by atoms with Crippen molar-refractivity contribution < 1.29 is 18.7 Å². The Hall–Kier alpha value is -3.83. The Labute approximate surface area is 204 Å². The van der Waals surface area contributed by atoms with Crippen molar-refractivity contribution in [1.82, 2.24) is 4.90 Å². The number of rotatable bonds is 9. The summed E-state index contributed by atoms with van der Waals surface area (Å²) in [6.45, 7) is 2.62. The second-order valence-electron chi connectivity index (χ2n) is 8.61. The molecule has 0 fully saturated rings. The fourth-order valence-electron chi connectivity index (χ4n) is 4.43. The van der Waals surface area contributed by atoms with Gasteiger partial charge in [-0.15, -0.1) is 0 Å². The van der Waals surface area contributed by atoms with Crippen molar-refractivity contribution in [2.45, 2.75) is 32.0 Å². The summed E-state index contributed by atoms with van der Waals surface area (Å²) in [4.78, 5) is 14.2.